The number of Topliss-reactive ketones (excluding diaryl/α,β-unsaturated/α-hetero) is 1. The fourth-order valence-corrected chi connectivity index (χ4v) is 5.90. The van der Waals surface area contributed by atoms with Crippen molar-refractivity contribution >= 4 is 21.5 Å². The first-order chi connectivity index (χ1) is 17.3. The van der Waals surface area contributed by atoms with E-state index in [1.807, 2.05) is 44.2 Å². The largest absolute Gasteiger partial charge is 0.486 e. The smallest absolute Gasteiger partial charge is 0.264 e. The molecule has 3 heterocycles. The second kappa shape index (κ2) is 9.58. The molecule has 1 atom stereocenters. The van der Waals surface area contributed by atoms with Crippen LogP contribution < -0.4 is 9.04 Å². The Balaban J connectivity index is 1.51. The molecule has 0 saturated carbocycles. The number of fused-ring (bicyclic) bond motifs is 1. The monoisotopic (exact) mass is 502 g/mol. The molecule has 184 valence electrons. The fourth-order valence-electron chi connectivity index (χ4n) is 4.29. The Kier molecular flexibility index (Phi) is 6.32. The van der Waals surface area contributed by atoms with Crippen LogP contribution in [0.2, 0.25) is 0 Å². The van der Waals surface area contributed by atoms with Crippen LogP contribution in [0.15, 0.2) is 77.8 Å². The third-order valence-electron chi connectivity index (χ3n) is 6.15. The number of ketones is 1. The third kappa shape index (κ3) is 4.74. The van der Waals surface area contributed by atoms with E-state index in [9.17, 15) is 13.2 Å². The molecule has 0 aliphatic carbocycles. The van der Waals surface area contributed by atoms with Crippen LogP contribution >= 0.6 is 0 Å². The number of sulfonamides is 1. The Hall–Kier alpha value is -3.98. The molecule has 2 aromatic carbocycles. The molecule has 5 rings (SSSR count). The topological polar surface area (TPSA) is 105 Å². The lowest BCUT2D eigenvalue weighted by Crippen LogP contribution is -2.43. The molecule has 0 saturated heterocycles. The van der Waals surface area contributed by atoms with Crippen molar-refractivity contribution in [2.24, 2.45) is 0 Å². The highest BCUT2D eigenvalue weighted by Gasteiger charge is 2.35. The van der Waals surface area contributed by atoms with Gasteiger partial charge in [-0.3, -0.25) is 19.2 Å². The number of pyridine rings is 1. The molecule has 0 unspecified atom stereocenters. The molecule has 1 aliphatic heterocycles. The number of aromatic amines is 1. The summed E-state index contributed by atoms with van der Waals surface area (Å²) in [7, 11) is -3.89. The number of nitrogens with one attached hydrogen (secondary N) is 1. The highest BCUT2D eigenvalue weighted by atomic mass is 32.2. The number of aryl methyl sites for hydroxylation is 2. The first-order valence-corrected chi connectivity index (χ1v) is 13.1. The van der Waals surface area contributed by atoms with E-state index in [0.717, 1.165) is 22.5 Å². The van der Waals surface area contributed by atoms with Crippen molar-refractivity contribution in [1.29, 1.82) is 0 Å². The van der Waals surface area contributed by atoms with Crippen LogP contribution in [0.25, 0.3) is 11.3 Å². The summed E-state index contributed by atoms with van der Waals surface area (Å²) in [4.78, 5) is 17.3. The lowest BCUT2D eigenvalue weighted by molar-refractivity contribution is 0.0948. The average Bonchev–Trinajstić information content (AvgIpc) is 3.42. The summed E-state index contributed by atoms with van der Waals surface area (Å²) >= 11 is 0. The van der Waals surface area contributed by atoms with Gasteiger partial charge in [0.05, 0.1) is 22.8 Å². The molecule has 2 aromatic heterocycles. The van der Waals surface area contributed by atoms with Gasteiger partial charge in [-0.25, -0.2) is 8.42 Å². The Morgan fingerprint density at radius 1 is 1.08 bits per heavy atom. The van der Waals surface area contributed by atoms with Crippen LogP contribution in [0.3, 0.4) is 0 Å². The number of rotatable bonds is 7. The van der Waals surface area contributed by atoms with E-state index < -0.39 is 16.1 Å². The highest BCUT2D eigenvalue weighted by molar-refractivity contribution is 7.92. The van der Waals surface area contributed by atoms with Crippen LogP contribution in [0, 0.1) is 13.8 Å². The van der Waals surface area contributed by atoms with Crippen LogP contribution in [0.5, 0.6) is 5.75 Å². The van der Waals surface area contributed by atoms with Gasteiger partial charge in [0.1, 0.15) is 17.5 Å². The fraction of sp³-hybridized carbons (Fsp3) is 0.222. The number of anilines is 1. The number of hydrogen-bond donors (Lipinski definition) is 1. The van der Waals surface area contributed by atoms with E-state index in [-0.39, 0.29) is 23.6 Å². The van der Waals surface area contributed by atoms with Crippen LogP contribution in [0.4, 0.5) is 5.69 Å². The molecule has 1 aliphatic rings. The van der Waals surface area contributed by atoms with Gasteiger partial charge in [-0.2, -0.15) is 5.10 Å². The summed E-state index contributed by atoms with van der Waals surface area (Å²) < 4.78 is 35.3. The molecular weight excluding hydrogens is 476 g/mol. The highest BCUT2D eigenvalue weighted by Crippen LogP contribution is 2.40. The van der Waals surface area contributed by atoms with E-state index in [1.54, 1.807) is 36.4 Å². The van der Waals surface area contributed by atoms with Crippen LogP contribution in [-0.2, 0) is 10.0 Å². The standard InChI is InChI=1S/C27H26N4O4S/c1-18-5-3-7-22(15-18)36(33,34)31-17-21(10-11-26(32)24-13-14-28-30-24)35-27-12-9-20(16-25(27)31)23-8-4-6-19(2)29-23/h3-9,12-16,21H,10-11,17H2,1-2H3,(H,28,30)/t21-/m0/s1. The molecule has 9 heteroatoms. The van der Waals surface area contributed by atoms with Crippen molar-refractivity contribution in [3.63, 3.8) is 0 Å². The molecule has 0 fully saturated rings. The van der Waals surface area contributed by atoms with Crippen molar-refractivity contribution in [3.05, 3.63) is 89.9 Å². The Labute approximate surface area is 210 Å². The summed E-state index contributed by atoms with van der Waals surface area (Å²) in [5, 5.41) is 6.49. The molecule has 0 spiro atoms. The van der Waals surface area contributed by atoms with E-state index in [4.69, 9.17) is 4.74 Å². The first kappa shape index (κ1) is 23.7. The number of carbonyl (C=O) groups is 1. The van der Waals surface area contributed by atoms with Gasteiger partial charge < -0.3 is 4.74 Å². The van der Waals surface area contributed by atoms with Gasteiger partial charge in [-0.05, 0) is 74.4 Å². The van der Waals surface area contributed by atoms with E-state index >= 15 is 0 Å². The number of carbonyl (C=O) groups excluding carboxylic acids is 1. The van der Waals surface area contributed by atoms with Crippen LogP contribution in [-0.4, -0.2) is 42.0 Å². The third-order valence-corrected chi connectivity index (χ3v) is 7.92. The van der Waals surface area contributed by atoms with Gasteiger partial charge in [0.2, 0.25) is 0 Å². The zero-order valence-corrected chi connectivity index (χ0v) is 20.8. The molecule has 8 nitrogen and oxygen atoms in total. The summed E-state index contributed by atoms with van der Waals surface area (Å²) in [5.41, 5.74) is 4.13. The predicted molar refractivity (Wildman–Crippen MR) is 137 cm³/mol. The minimum absolute atomic E-state index is 0.0875. The van der Waals surface area contributed by atoms with Gasteiger partial charge >= 0.3 is 0 Å². The molecule has 0 radical (unpaired) electrons. The van der Waals surface area contributed by atoms with Crippen molar-refractivity contribution in [1.82, 2.24) is 15.2 Å². The zero-order valence-electron chi connectivity index (χ0n) is 20.0. The molecule has 0 bridgehead atoms. The lowest BCUT2D eigenvalue weighted by atomic mass is 10.1. The molecule has 4 aromatic rings. The van der Waals surface area contributed by atoms with E-state index in [2.05, 4.69) is 15.2 Å². The van der Waals surface area contributed by atoms with E-state index in [1.165, 1.54) is 10.5 Å². The van der Waals surface area contributed by atoms with Crippen molar-refractivity contribution in [2.75, 3.05) is 10.8 Å². The minimum atomic E-state index is -3.89. The number of ether oxygens (including phenoxy) is 1. The summed E-state index contributed by atoms with van der Waals surface area (Å²) in [6.45, 7) is 3.86. The number of aromatic nitrogens is 3. The summed E-state index contributed by atoms with van der Waals surface area (Å²) in [6, 6.07) is 19.6. The second-order valence-corrected chi connectivity index (χ2v) is 10.7. The van der Waals surface area contributed by atoms with Gasteiger partial charge in [0.15, 0.2) is 5.78 Å². The second-order valence-electron chi connectivity index (χ2n) is 8.87. The Morgan fingerprint density at radius 3 is 2.67 bits per heavy atom. The maximum atomic E-state index is 13.8. The van der Waals surface area contributed by atoms with E-state index in [0.29, 0.717) is 23.6 Å². The normalized spacial score (nSPS) is 15.3. The Bertz CT molecular complexity index is 1520. The van der Waals surface area contributed by atoms with Gasteiger partial charge in [-0.1, -0.05) is 18.2 Å². The molecule has 1 N–H and O–H groups in total. The maximum Gasteiger partial charge on any atom is 0.264 e. The predicted octanol–water partition coefficient (Wildman–Crippen LogP) is 4.71. The van der Waals surface area contributed by atoms with Crippen LogP contribution in [0.1, 0.15) is 34.6 Å². The first-order valence-electron chi connectivity index (χ1n) is 11.7. The minimum Gasteiger partial charge on any atom is -0.486 e. The molecular formula is C27H26N4O4S. The Morgan fingerprint density at radius 2 is 1.92 bits per heavy atom. The average molecular weight is 503 g/mol. The van der Waals surface area contributed by atoms with Crippen molar-refractivity contribution < 1.29 is 17.9 Å². The zero-order chi connectivity index (χ0) is 25.3. The van der Waals surface area contributed by atoms with Gasteiger partial charge in [-0.15, -0.1) is 0 Å². The lowest BCUT2D eigenvalue weighted by Gasteiger charge is -2.36. The van der Waals surface area contributed by atoms with Crippen molar-refractivity contribution in [3.8, 4) is 17.0 Å². The summed E-state index contributed by atoms with van der Waals surface area (Å²) in [6.07, 6.45) is 1.59. The van der Waals surface area contributed by atoms with Crippen molar-refractivity contribution in [2.45, 2.75) is 37.7 Å². The number of nitrogens with zero attached hydrogens (tertiary/aromatic N) is 3. The van der Waals surface area contributed by atoms with Gasteiger partial charge in [0.25, 0.3) is 10.0 Å². The molecule has 0 amide bonds. The quantitative estimate of drug-likeness (QED) is 0.367. The summed E-state index contributed by atoms with van der Waals surface area (Å²) in [5.74, 6) is 0.351. The SMILES string of the molecule is Cc1cccc(S(=O)(=O)N2C[C@H](CCC(=O)c3ccn[nH]3)Oc3ccc(-c4cccc(C)n4)cc32)c1. The maximum absolute atomic E-state index is 13.8. The number of hydrogen-bond acceptors (Lipinski definition) is 6. The number of benzene rings is 2. The van der Waals surface area contributed by atoms with Gasteiger partial charge in [0, 0.05) is 23.9 Å². The molecule has 36 heavy (non-hydrogen) atoms. The number of H-pyrrole nitrogens is 1.